The lowest BCUT2D eigenvalue weighted by atomic mass is 10.2. The number of primary amides is 1. The number of rotatable bonds is 4. The molecule has 0 aromatic rings. The lowest BCUT2D eigenvalue weighted by molar-refractivity contribution is -0.120. The molecular formula is C8H19NO3. The van der Waals surface area contributed by atoms with Crippen molar-refractivity contribution in [1.29, 1.82) is 0 Å². The number of amides is 1. The molecule has 0 heterocycles. The minimum atomic E-state index is -0.241. The summed E-state index contributed by atoms with van der Waals surface area (Å²) in [6, 6.07) is 0. The van der Waals surface area contributed by atoms with Gasteiger partial charge in [-0.2, -0.15) is 0 Å². The molecule has 0 spiro atoms. The summed E-state index contributed by atoms with van der Waals surface area (Å²) in [5, 5.41) is 0. The Morgan fingerprint density at radius 2 is 1.50 bits per heavy atom. The Bertz CT molecular complexity index is 100. The van der Waals surface area contributed by atoms with Crippen molar-refractivity contribution >= 4 is 5.91 Å². The Morgan fingerprint density at radius 1 is 1.25 bits per heavy atom. The summed E-state index contributed by atoms with van der Waals surface area (Å²) >= 11 is 0. The van der Waals surface area contributed by atoms with Gasteiger partial charge in [-0.25, -0.2) is 0 Å². The first-order chi connectivity index (χ1) is 5.56. The molecule has 0 aliphatic carbocycles. The highest BCUT2D eigenvalue weighted by molar-refractivity contribution is 5.75. The third kappa shape index (κ3) is 16.2. The van der Waals surface area contributed by atoms with Gasteiger partial charge in [-0.1, -0.05) is 13.8 Å². The summed E-state index contributed by atoms with van der Waals surface area (Å²) in [5.74, 6) is -0.250. The molecule has 0 bridgehead atoms. The fourth-order valence-corrected chi connectivity index (χ4v) is 0.167. The average molecular weight is 177 g/mol. The fourth-order valence-electron chi connectivity index (χ4n) is 0.167. The molecule has 0 atom stereocenters. The van der Waals surface area contributed by atoms with Crippen LogP contribution in [0.3, 0.4) is 0 Å². The number of hydrogen-bond acceptors (Lipinski definition) is 3. The molecule has 0 unspecified atom stereocenters. The van der Waals surface area contributed by atoms with Crippen molar-refractivity contribution < 1.29 is 14.3 Å². The van der Waals surface area contributed by atoms with Crippen molar-refractivity contribution in [3.05, 3.63) is 0 Å². The highest BCUT2D eigenvalue weighted by Gasteiger charge is 1.96. The van der Waals surface area contributed by atoms with Crippen LogP contribution in [-0.2, 0) is 14.3 Å². The van der Waals surface area contributed by atoms with Crippen LogP contribution in [0.15, 0.2) is 0 Å². The largest absolute Gasteiger partial charge is 0.382 e. The average Bonchev–Trinajstić information content (AvgIpc) is 2.02. The topological polar surface area (TPSA) is 61.6 Å². The lowest BCUT2D eigenvalue weighted by Gasteiger charge is -1.91. The monoisotopic (exact) mass is 177 g/mol. The van der Waals surface area contributed by atoms with Crippen LogP contribution in [0.1, 0.15) is 13.8 Å². The minimum Gasteiger partial charge on any atom is -0.382 e. The van der Waals surface area contributed by atoms with Gasteiger partial charge in [-0.05, 0) is 0 Å². The molecule has 0 saturated carbocycles. The molecule has 0 aliphatic rings. The molecular weight excluding hydrogens is 158 g/mol. The van der Waals surface area contributed by atoms with Crippen LogP contribution < -0.4 is 5.73 Å². The van der Waals surface area contributed by atoms with Crippen molar-refractivity contribution in [2.24, 2.45) is 11.7 Å². The number of hydrogen-bond donors (Lipinski definition) is 1. The van der Waals surface area contributed by atoms with Crippen LogP contribution >= 0.6 is 0 Å². The molecule has 0 aliphatic heterocycles. The van der Waals surface area contributed by atoms with Crippen LogP contribution in [0.5, 0.6) is 0 Å². The Balaban J connectivity index is 0. The molecule has 0 saturated heterocycles. The van der Waals surface area contributed by atoms with E-state index in [2.05, 4.69) is 9.47 Å². The smallest absolute Gasteiger partial charge is 0.219 e. The van der Waals surface area contributed by atoms with Gasteiger partial charge in [0.2, 0.25) is 5.91 Å². The Hall–Kier alpha value is -0.610. The first-order valence-electron chi connectivity index (χ1n) is 3.83. The normalized spacial score (nSPS) is 9.08. The van der Waals surface area contributed by atoms with Crippen molar-refractivity contribution in [2.45, 2.75) is 13.8 Å². The molecule has 0 aromatic heterocycles. The van der Waals surface area contributed by atoms with E-state index in [4.69, 9.17) is 5.73 Å². The Kier molecular flexibility index (Phi) is 12.1. The molecule has 0 fully saturated rings. The zero-order valence-corrected chi connectivity index (χ0v) is 8.29. The highest BCUT2D eigenvalue weighted by atomic mass is 16.5. The maximum Gasteiger partial charge on any atom is 0.219 e. The van der Waals surface area contributed by atoms with Gasteiger partial charge in [0, 0.05) is 20.1 Å². The minimum absolute atomic E-state index is 0.00926. The van der Waals surface area contributed by atoms with Crippen molar-refractivity contribution in [1.82, 2.24) is 0 Å². The molecule has 0 aromatic carbocycles. The first kappa shape index (κ1) is 13.9. The second kappa shape index (κ2) is 10.4. The molecule has 0 radical (unpaired) electrons. The number of carbonyl (C=O) groups excluding carboxylic acids is 1. The molecule has 4 nitrogen and oxygen atoms in total. The van der Waals surface area contributed by atoms with Crippen LogP contribution in [0, 0.1) is 5.92 Å². The van der Waals surface area contributed by atoms with E-state index in [0.717, 1.165) is 0 Å². The number of nitrogens with two attached hydrogens (primary N) is 1. The van der Waals surface area contributed by atoms with E-state index in [0.29, 0.717) is 13.2 Å². The quantitative estimate of drug-likeness (QED) is 0.632. The van der Waals surface area contributed by atoms with E-state index in [1.165, 1.54) is 0 Å². The van der Waals surface area contributed by atoms with Gasteiger partial charge in [0.15, 0.2) is 0 Å². The van der Waals surface area contributed by atoms with Crippen molar-refractivity contribution in [2.75, 3.05) is 27.4 Å². The highest BCUT2D eigenvalue weighted by Crippen LogP contribution is 1.84. The SMILES string of the molecule is CC(C)C(N)=O.COCCOC. The third-order valence-corrected chi connectivity index (χ3v) is 1.06. The molecule has 4 heteroatoms. The Labute approximate surface area is 74.0 Å². The van der Waals surface area contributed by atoms with Crippen molar-refractivity contribution in [3.8, 4) is 0 Å². The summed E-state index contributed by atoms with van der Waals surface area (Å²) in [7, 11) is 3.30. The van der Waals surface area contributed by atoms with E-state index in [1.807, 2.05) is 0 Å². The fraction of sp³-hybridized carbons (Fsp3) is 0.875. The number of methoxy groups -OCH3 is 2. The van der Waals surface area contributed by atoms with E-state index < -0.39 is 0 Å². The van der Waals surface area contributed by atoms with E-state index in [9.17, 15) is 4.79 Å². The Morgan fingerprint density at radius 3 is 1.58 bits per heavy atom. The lowest BCUT2D eigenvalue weighted by Crippen LogP contribution is -2.17. The van der Waals surface area contributed by atoms with Crippen LogP contribution in [0.25, 0.3) is 0 Å². The van der Waals surface area contributed by atoms with Gasteiger partial charge in [0.25, 0.3) is 0 Å². The second-order valence-corrected chi connectivity index (χ2v) is 2.54. The van der Waals surface area contributed by atoms with E-state index >= 15 is 0 Å². The maximum absolute atomic E-state index is 9.92. The van der Waals surface area contributed by atoms with Gasteiger partial charge in [0.1, 0.15) is 0 Å². The summed E-state index contributed by atoms with van der Waals surface area (Å²) < 4.78 is 9.31. The predicted octanol–water partition coefficient (Wildman–Crippen LogP) is 0.407. The molecule has 1 amide bonds. The van der Waals surface area contributed by atoms with E-state index in [1.54, 1.807) is 28.1 Å². The molecule has 74 valence electrons. The third-order valence-electron chi connectivity index (χ3n) is 1.06. The standard InChI is InChI=1S/C4H9NO.C4H10O2/c1-3(2)4(5)6;1-5-3-4-6-2/h3H,1-2H3,(H2,5,6);3-4H2,1-2H3. The van der Waals surface area contributed by atoms with Crippen LogP contribution in [-0.4, -0.2) is 33.3 Å². The van der Waals surface area contributed by atoms with Crippen LogP contribution in [0.4, 0.5) is 0 Å². The molecule has 0 rings (SSSR count). The zero-order chi connectivity index (χ0) is 9.98. The predicted molar refractivity (Wildman–Crippen MR) is 47.8 cm³/mol. The number of ether oxygens (including phenoxy) is 2. The summed E-state index contributed by atoms with van der Waals surface area (Å²) in [4.78, 5) is 9.92. The van der Waals surface area contributed by atoms with Gasteiger partial charge in [0.05, 0.1) is 13.2 Å². The van der Waals surface area contributed by atoms with Crippen LogP contribution in [0.2, 0.25) is 0 Å². The second-order valence-electron chi connectivity index (χ2n) is 2.54. The molecule has 2 N–H and O–H groups in total. The van der Waals surface area contributed by atoms with E-state index in [-0.39, 0.29) is 11.8 Å². The van der Waals surface area contributed by atoms with Crippen molar-refractivity contribution in [3.63, 3.8) is 0 Å². The van der Waals surface area contributed by atoms with Gasteiger partial charge >= 0.3 is 0 Å². The first-order valence-corrected chi connectivity index (χ1v) is 3.83. The summed E-state index contributed by atoms with van der Waals surface area (Å²) in [6.45, 7) is 4.91. The molecule has 12 heavy (non-hydrogen) atoms. The maximum atomic E-state index is 9.92. The van der Waals surface area contributed by atoms with Gasteiger partial charge < -0.3 is 15.2 Å². The summed E-state index contributed by atoms with van der Waals surface area (Å²) in [5.41, 5.74) is 4.80. The van der Waals surface area contributed by atoms with Gasteiger partial charge in [-0.3, -0.25) is 4.79 Å². The summed E-state index contributed by atoms with van der Waals surface area (Å²) in [6.07, 6.45) is 0. The number of carbonyl (C=O) groups is 1. The van der Waals surface area contributed by atoms with Gasteiger partial charge in [-0.15, -0.1) is 0 Å². The zero-order valence-electron chi connectivity index (χ0n) is 8.29.